The van der Waals surface area contributed by atoms with Crippen molar-refractivity contribution in [2.45, 2.75) is 70.0 Å². The number of carbonyl (C=O) groups excluding carboxylic acids is 2. The Labute approximate surface area is 196 Å². The Morgan fingerprint density at radius 2 is 1.58 bits per heavy atom. The highest BCUT2D eigenvalue weighted by Crippen LogP contribution is 2.11. The first-order valence-electron chi connectivity index (χ1n) is 11.0. The molecule has 2 amide bonds. The van der Waals surface area contributed by atoms with Gasteiger partial charge in [-0.2, -0.15) is 0 Å². The summed E-state index contributed by atoms with van der Waals surface area (Å²) in [6.07, 6.45) is 0.900. The highest BCUT2D eigenvalue weighted by Gasteiger charge is 2.29. The van der Waals surface area contributed by atoms with Gasteiger partial charge >= 0.3 is 5.97 Å². The number of carboxylic acid groups (broad SMARTS) is 1. The Kier molecular flexibility index (Phi) is 11.5. The van der Waals surface area contributed by atoms with Crippen LogP contribution in [0.3, 0.4) is 0 Å². The number of aliphatic carboxylic acids is 1. The highest BCUT2D eigenvalue weighted by atomic mass is 32.2. The van der Waals surface area contributed by atoms with E-state index in [4.69, 9.17) is 0 Å². The molecule has 0 radical (unpaired) electrons. The lowest BCUT2D eigenvalue weighted by Gasteiger charge is -2.25. The maximum absolute atomic E-state index is 12.6. The molecular formula is C22H36N4O6S. The summed E-state index contributed by atoms with van der Waals surface area (Å²) in [6.45, 7) is 7.16. The second-order valence-electron chi connectivity index (χ2n) is 8.35. The number of rotatable bonds is 14. The number of hydrogen-bond acceptors (Lipinski definition) is 6. The standard InChI is InChI=1S/C22H36N4O6S/c1-14(2)19(26-20(27)16(4)23-5)21(28)25-18(22(29)30)8-6-7-13-24-33(31,32)17-11-9-15(3)10-12-17/h9-12,14,16,18-19,23-24H,6-8,13H2,1-5H3,(H,25,28)(H,26,27)(H,29,30). The molecule has 3 unspecified atom stereocenters. The van der Waals surface area contributed by atoms with E-state index in [1.54, 1.807) is 40.0 Å². The highest BCUT2D eigenvalue weighted by molar-refractivity contribution is 7.89. The number of hydrogen-bond donors (Lipinski definition) is 5. The third kappa shape index (κ3) is 9.48. The maximum Gasteiger partial charge on any atom is 0.326 e. The summed E-state index contributed by atoms with van der Waals surface area (Å²) in [6, 6.07) is 3.94. The van der Waals surface area contributed by atoms with Crippen LogP contribution in [0.25, 0.3) is 0 Å². The predicted octanol–water partition coefficient (Wildman–Crippen LogP) is 0.762. The summed E-state index contributed by atoms with van der Waals surface area (Å²) < 4.78 is 27.1. The van der Waals surface area contributed by atoms with Gasteiger partial charge in [0.2, 0.25) is 21.8 Å². The number of unbranched alkanes of at least 4 members (excludes halogenated alkanes) is 1. The molecule has 0 bridgehead atoms. The van der Waals surface area contributed by atoms with E-state index in [9.17, 15) is 27.9 Å². The Hall–Kier alpha value is -2.50. The van der Waals surface area contributed by atoms with Crippen molar-refractivity contribution >= 4 is 27.8 Å². The maximum atomic E-state index is 12.6. The molecule has 0 aliphatic rings. The number of carboxylic acids is 1. The fourth-order valence-corrected chi connectivity index (χ4v) is 4.02. The number of amides is 2. The number of sulfonamides is 1. The average Bonchev–Trinajstić information content (AvgIpc) is 2.75. The van der Waals surface area contributed by atoms with Gasteiger partial charge in [0, 0.05) is 6.54 Å². The number of benzene rings is 1. The zero-order valence-electron chi connectivity index (χ0n) is 19.8. The zero-order valence-corrected chi connectivity index (χ0v) is 20.7. The molecule has 33 heavy (non-hydrogen) atoms. The molecular weight excluding hydrogens is 448 g/mol. The number of carbonyl (C=O) groups is 3. The Balaban J connectivity index is 2.58. The van der Waals surface area contributed by atoms with Gasteiger partial charge in [-0.1, -0.05) is 31.5 Å². The summed E-state index contributed by atoms with van der Waals surface area (Å²) in [7, 11) is -2.02. The molecule has 0 aliphatic carbocycles. The lowest BCUT2D eigenvalue weighted by atomic mass is 10.0. The zero-order chi connectivity index (χ0) is 25.2. The van der Waals surface area contributed by atoms with Gasteiger partial charge < -0.3 is 21.1 Å². The lowest BCUT2D eigenvalue weighted by molar-refractivity contribution is -0.142. The van der Waals surface area contributed by atoms with Gasteiger partial charge in [0.15, 0.2) is 0 Å². The van der Waals surface area contributed by atoms with E-state index < -0.39 is 40.0 Å². The molecule has 0 aromatic heterocycles. The molecule has 1 aromatic rings. The second kappa shape index (κ2) is 13.3. The van der Waals surface area contributed by atoms with Gasteiger partial charge in [0.1, 0.15) is 12.1 Å². The van der Waals surface area contributed by atoms with E-state index in [-0.39, 0.29) is 29.7 Å². The van der Waals surface area contributed by atoms with Crippen molar-refractivity contribution in [3.63, 3.8) is 0 Å². The fourth-order valence-electron chi connectivity index (χ4n) is 2.94. The van der Waals surface area contributed by atoms with Crippen molar-refractivity contribution in [1.82, 2.24) is 20.7 Å². The summed E-state index contributed by atoms with van der Waals surface area (Å²) in [4.78, 5) is 36.6. The topological polar surface area (TPSA) is 154 Å². The fraction of sp³-hybridized carbons (Fsp3) is 0.591. The molecule has 5 N–H and O–H groups in total. The van der Waals surface area contributed by atoms with Crippen LogP contribution in [0.1, 0.15) is 45.6 Å². The molecule has 11 heteroatoms. The van der Waals surface area contributed by atoms with Crippen LogP contribution in [0.4, 0.5) is 0 Å². The first-order valence-corrected chi connectivity index (χ1v) is 12.4. The molecule has 10 nitrogen and oxygen atoms in total. The van der Waals surface area contributed by atoms with Crippen LogP contribution in [0.15, 0.2) is 29.2 Å². The molecule has 1 rings (SSSR count). The van der Waals surface area contributed by atoms with Crippen LogP contribution in [0.5, 0.6) is 0 Å². The minimum atomic E-state index is -3.64. The molecule has 0 fully saturated rings. The van der Waals surface area contributed by atoms with Crippen LogP contribution >= 0.6 is 0 Å². The Morgan fingerprint density at radius 1 is 0.970 bits per heavy atom. The Morgan fingerprint density at radius 3 is 2.09 bits per heavy atom. The molecule has 0 saturated carbocycles. The molecule has 0 saturated heterocycles. The average molecular weight is 485 g/mol. The smallest absolute Gasteiger partial charge is 0.326 e. The van der Waals surface area contributed by atoms with Crippen LogP contribution < -0.4 is 20.7 Å². The van der Waals surface area contributed by atoms with Crippen molar-refractivity contribution in [2.75, 3.05) is 13.6 Å². The van der Waals surface area contributed by atoms with E-state index in [1.807, 2.05) is 6.92 Å². The molecule has 186 valence electrons. The summed E-state index contributed by atoms with van der Waals surface area (Å²) in [5, 5.41) is 17.4. The van der Waals surface area contributed by atoms with Crippen molar-refractivity contribution in [1.29, 1.82) is 0 Å². The van der Waals surface area contributed by atoms with Gasteiger partial charge in [-0.15, -0.1) is 0 Å². The molecule has 1 aromatic carbocycles. The van der Waals surface area contributed by atoms with Crippen LogP contribution in [0, 0.1) is 12.8 Å². The summed E-state index contributed by atoms with van der Waals surface area (Å²) in [5.41, 5.74) is 0.950. The van der Waals surface area contributed by atoms with Gasteiger partial charge in [-0.05, 0) is 58.2 Å². The van der Waals surface area contributed by atoms with Crippen molar-refractivity contribution in [3.8, 4) is 0 Å². The number of nitrogens with one attached hydrogen (secondary N) is 4. The van der Waals surface area contributed by atoms with Gasteiger partial charge in [0.05, 0.1) is 10.9 Å². The van der Waals surface area contributed by atoms with Gasteiger partial charge in [-0.3, -0.25) is 9.59 Å². The SMILES string of the molecule is CNC(C)C(=O)NC(C(=O)NC(CCCCNS(=O)(=O)c1ccc(C)cc1)C(=O)O)C(C)C. The largest absolute Gasteiger partial charge is 0.480 e. The van der Waals surface area contributed by atoms with E-state index in [2.05, 4.69) is 20.7 Å². The molecule has 0 heterocycles. The van der Waals surface area contributed by atoms with E-state index in [1.165, 1.54) is 12.1 Å². The third-order valence-corrected chi connectivity index (χ3v) is 6.71. The van der Waals surface area contributed by atoms with Crippen molar-refractivity contribution in [3.05, 3.63) is 29.8 Å². The molecule has 3 atom stereocenters. The van der Waals surface area contributed by atoms with E-state index >= 15 is 0 Å². The monoisotopic (exact) mass is 484 g/mol. The Bertz CT molecular complexity index is 902. The van der Waals surface area contributed by atoms with Gasteiger partial charge in [0.25, 0.3) is 0 Å². The van der Waals surface area contributed by atoms with Crippen molar-refractivity contribution < 1.29 is 27.9 Å². The predicted molar refractivity (Wildman–Crippen MR) is 125 cm³/mol. The minimum absolute atomic E-state index is 0.124. The van der Waals surface area contributed by atoms with E-state index in [0.717, 1.165) is 5.56 Å². The van der Waals surface area contributed by atoms with E-state index in [0.29, 0.717) is 12.8 Å². The van der Waals surface area contributed by atoms with Crippen LogP contribution in [0.2, 0.25) is 0 Å². The molecule has 0 aliphatic heterocycles. The number of aryl methyl sites for hydroxylation is 1. The van der Waals surface area contributed by atoms with Gasteiger partial charge in [-0.25, -0.2) is 17.9 Å². The first kappa shape index (κ1) is 28.5. The summed E-state index contributed by atoms with van der Waals surface area (Å²) in [5.74, 6) is -2.38. The minimum Gasteiger partial charge on any atom is -0.480 e. The normalized spacial score (nSPS) is 14.4. The second-order valence-corrected chi connectivity index (χ2v) is 10.1. The quantitative estimate of drug-likeness (QED) is 0.244. The summed E-state index contributed by atoms with van der Waals surface area (Å²) >= 11 is 0. The van der Waals surface area contributed by atoms with Crippen LogP contribution in [-0.2, 0) is 24.4 Å². The lowest BCUT2D eigenvalue weighted by Crippen LogP contribution is -2.56. The van der Waals surface area contributed by atoms with Crippen LogP contribution in [-0.4, -0.2) is 63.0 Å². The first-order chi connectivity index (χ1) is 15.4. The van der Waals surface area contributed by atoms with Crippen molar-refractivity contribution in [2.24, 2.45) is 5.92 Å². The third-order valence-electron chi connectivity index (χ3n) is 5.23. The molecule has 0 spiro atoms. The number of likely N-dealkylation sites (N-methyl/N-ethyl adjacent to an activating group) is 1.